The van der Waals surface area contributed by atoms with Crippen LogP contribution in [0, 0.1) is 0 Å². The van der Waals surface area contributed by atoms with Crippen molar-refractivity contribution >= 4 is 17.8 Å². The SMILES string of the molecule is CC[C@]1(C)NC(=O)N(NC(=O)CN2CCC(c3ccn[nH]3)CC2)C1=O. The quantitative estimate of drug-likeness (QED) is 0.665. The zero-order valence-corrected chi connectivity index (χ0v) is 14.5. The van der Waals surface area contributed by atoms with E-state index in [0.717, 1.165) is 36.6 Å². The molecule has 0 unspecified atom stereocenters. The van der Waals surface area contributed by atoms with Gasteiger partial charge in [-0.1, -0.05) is 6.92 Å². The standard InChI is InChI=1S/C16H24N6O3/c1-3-16(2)14(24)22(15(25)18-16)20-13(23)10-21-8-5-11(6-9-21)12-4-7-17-19-12/h4,7,11H,3,5-6,8-10H2,1-2H3,(H,17,19)(H,18,25)(H,20,23)/t16-/m0/s1. The first-order valence-electron chi connectivity index (χ1n) is 8.61. The molecule has 3 heterocycles. The van der Waals surface area contributed by atoms with Crippen molar-refractivity contribution in [2.24, 2.45) is 0 Å². The van der Waals surface area contributed by atoms with Crippen LogP contribution in [-0.2, 0) is 9.59 Å². The summed E-state index contributed by atoms with van der Waals surface area (Å²) in [6.07, 6.45) is 4.08. The Morgan fingerprint density at radius 1 is 1.40 bits per heavy atom. The number of rotatable bonds is 5. The molecule has 1 aromatic heterocycles. The van der Waals surface area contributed by atoms with Crippen LogP contribution < -0.4 is 10.7 Å². The number of hydrogen-bond acceptors (Lipinski definition) is 5. The van der Waals surface area contributed by atoms with Crippen molar-refractivity contribution in [1.29, 1.82) is 0 Å². The number of H-pyrrole nitrogens is 1. The van der Waals surface area contributed by atoms with Crippen LogP contribution >= 0.6 is 0 Å². The molecule has 0 saturated carbocycles. The van der Waals surface area contributed by atoms with Crippen molar-refractivity contribution in [3.63, 3.8) is 0 Å². The van der Waals surface area contributed by atoms with E-state index in [4.69, 9.17) is 0 Å². The third-order valence-electron chi connectivity index (χ3n) is 5.12. The Morgan fingerprint density at radius 3 is 2.68 bits per heavy atom. The topological polar surface area (TPSA) is 110 Å². The molecule has 3 N–H and O–H groups in total. The van der Waals surface area contributed by atoms with Crippen LogP contribution in [0.15, 0.2) is 12.3 Å². The number of carbonyl (C=O) groups excluding carboxylic acids is 3. The van der Waals surface area contributed by atoms with Gasteiger partial charge in [0.05, 0.1) is 6.54 Å². The van der Waals surface area contributed by atoms with Crippen LogP contribution in [0.4, 0.5) is 4.79 Å². The average Bonchev–Trinajstić information content (AvgIpc) is 3.20. The summed E-state index contributed by atoms with van der Waals surface area (Å²) in [5.41, 5.74) is 2.60. The van der Waals surface area contributed by atoms with Crippen molar-refractivity contribution in [2.75, 3.05) is 19.6 Å². The highest BCUT2D eigenvalue weighted by atomic mass is 16.2. The van der Waals surface area contributed by atoms with E-state index in [2.05, 4.69) is 20.9 Å². The summed E-state index contributed by atoms with van der Waals surface area (Å²) in [5.74, 6) is -0.354. The van der Waals surface area contributed by atoms with Crippen LogP contribution in [0.25, 0.3) is 0 Å². The van der Waals surface area contributed by atoms with Crippen molar-refractivity contribution in [2.45, 2.75) is 44.6 Å². The molecule has 3 rings (SSSR count). The van der Waals surface area contributed by atoms with Crippen LogP contribution in [0.1, 0.15) is 44.7 Å². The van der Waals surface area contributed by atoms with Gasteiger partial charge in [-0.05, 0) is 45.3 Å². The molecule has 9 nitrogen and oxygen atoms in total. The summed E-state index contributed by atoms with van der Waals surface area (Å²) in [6, 6.07) is 1.40. The van der Waals surface area contributed by atoms with Gasteiger partial charge in [-0.25, -0.2) is 4.79 Å². The Kier molecular flexibility index (Phi) is 4.76. The molecule has 1 atom stereocenters. The Labute approximate surface area is 146 Å². The smallest absolute Gasteiger partial charge is 0.322 e. The second-order valence-corrected chi connectivity index (χ2v) is 6.85. The van der Waals surface area contributed by atoms with Crippen molar-refractivity contribution in [3.8, 4) is 0 Å². The molecule has 2 fully saturated rings. The maximum Gasteiger partial charge on any atom is 0.344 e. The van der Waals surface area contributed by atoms with Gasteiger partial charge in [0.2, 0.25) is 0 Å². The number of likely N-dealkylation sites (tertiary alicyclic amines) is 1. The molecule has 136 valence electrons. The van der Waals surface area contributed by atoms with Gasteiger partial charge < -0.3 is 5.32 Å². The minimum atomic E-state index is -0.952. The fraction of sp³-hybridized carbons (Fsp3) is 0.625. The molecule has 4 amide bonds. The molecule has 2 aliphatic rings. The molecular formula is C16H24N6O3. The number of urea groups is 1. The molecular weight excluding hydrogens is 324 g/mol. The fourth-order valence-electron chi connectivity index (χ4n) is 3.28. The van der Waals surface area contributed by atoms with Crippen molar-refractivity contribution < 1.29 is 14.4 Å². The fourth-order valence-corrected chi connectivity index (χ4v) is 3.28. The maximum atomic E-state index is 12.3. The van der Waals surface area contributed by atoms with Gasteiger partial charge in [0, 0.05) is 17.8 Å². The molecule has 2 saturated heterocycles. The molecule has 9 heteroatoms. The number of aromatic amines is 1. The lowest BCUT2D eigenvalue weighted by molar-refractivity contribution is -0.139. The summed E-state index contributed by atoms with van der Waals surface area (Å²) in [7, 11) is 0. The molecule has 2 aliphatic heterocycles. The van der Waals surface area contributed by atoms with Gasteiger partial charge in [-0.2, -0.15) is 10.1 Å². The molecule has 0 aliphatic carbocycles. The maximum absolute atomic E-state index is 12.3. The van der Waals surface area contributed by atoms with E-state index >= 15 is 0 Å². The number of hydrogen-bond donors (Lipinski definition) is 3. The zero-order chi connectivity index (χ0) is 18.0. The summed E-state index contributed by atoms with van der Waals surface area (Å²) in [4.78, 5) is 38.4. The zero-order valence-electron chi connectivity index (χ0n) is 14.5. The van der Waals surface area contributed by atoms with Gasteiger partial charge in [0.25, 0.3) is 11.8 Å². The lowest BCUT2D eigenvalue weighted by Crippen LogP contribution is -2.51. The van der Waals surface area contributed by atoms with E-state index in [0.29, 0.717) is 12.3 Å². The van der Waals surface area contributed by atoms with E-state index in [1.165, 1.54) is 0 Å². The predicted octanol–water partition coefficient (Wildman–Crippen LogP) is 0.341. The van der Waals surface area contributed by atoms with Crippen LogP contribution in [-0.4, -0.2) is 63.1 Å². The van der Waals surface area contributed by atoms with E-state index in [9.17, 15) is 14.4 Å². The highest BCUT2D eigenvalue weighted by Crippen LogP contribution is 2.26. The van der Waals surface area contributed by atoms with Crippen molar-refractivity contribution in [3.05, 3.63) is 18.0 Å². The number of nitrogens with zero attached hydrogens (tertiary/aromatic N) is 3. The molecule has 1 aromatic rings. The molecule has 0 aromatic carbocycles. The van der Waals surface area contributed by atoms with Crippen LogP contribution in [0.3, 0.4) is 0 Å². The second-order valence-electron chi connectivity index (χ2n) is 6.85. The largest absolute Gasteiger partial charge is 0.344 e. The summed E-state index contributed by atoms with van der Waals surface area (Å²) in [5, 5.41) is 10.4. The lowest BCUT2D eigenvalue weighted by atomic mass is 9.94. The Bertz CT molecular complexity index is 653. The van der Waals surface area contributed by atoms with Gasteiger partial charge in [-0.3, -0.25) is 25.0 Å². The van der Waals surface area contributed by atoms with Crippen LogP contribution in [0.5, 0.6) is 0 Å². The first-order chi connectivity index (χ1) is 11.9. The van der Waals surface area contributed by atoms with E-state index < -0.39 is 17.5 Å². The van der Waals surface area contributed by atoms with E-state index in [1.807, 2.05) is 17.9 Å². The molecule has 0 bridgehead atoms. The number of carbonyl (C=O) groups is 3. The number of amides is 4. The molecule has 0 radical (unpaired) electrons. The first kappa shape index (κ1) is 17.4. The first-order valence-corrected chi connectivity index (χ1v) is 8.61. The second kappa shape index (κ2) is 6.83. The average molecular weight is 348 g/mol. The van der Waals surface area contributed by atoms with Crippen molar-refractivity contribution in [1.82, 2.24) is 30.8 Å². The van der Waals surface area contributed by atoms with E-state index in [-0.39, 0.29) is 12.5 Å². The number of nitrogens with one attached hydrogen (secondary N) is 3. The van der Waals surface area contributed by atoms with Crippen LogP contribution in [0.2, 0.25) is 0 Å². The highest BCUT2D eigenvalue weighted by Gasteiger charge is 2.47. The monoisotopic (exact) mass is 348 g/mol. The Balaban J connectivity index is 1.49. The third-order valence-corrected chi connectivity index (χ3v) is 5.12. The normalized spacial score (nSPS) is 25.3. The number of aromatic nitrogens is 2. The minimum Gasteiger partial charge on any atom is -0.322 e. The molecule has 25 heavy (non-hydrogen) atoms. The summed E-state index contributed by atoms with van der Waals surface area (Å²) >= 11 is 0. The third kappa shape index (κ3) is 3.51. The summed E-state index contributed by atoms with van der Waals surface area (Å²) < 4.78 is 0. The minimum absolute atomic E-state index is 0.162. The number of imide groups is 1. The number of hydrazine groups is 1. The van der Waals surface area contributed by atoms with Gasteiger partial charge in [-0.15, -0.1) is 0 Å². The van der Waals surface area contributed by atoms with Gasteiger partial charge in [0.1, 0.15) is 5.54 Å². The van der Waals surface area contributed by atoms with E-state index in [1.54, 1.807) is 13.1 Å². The van der Waals surface area contributed by atoms with Gasteiger partial charge >= 0.3 is 6.03 Å². The Morgan fingerprint density at radius 2 is 2.12 bits per heavy atom. The highest BCUT2D eigenvalue weighted by molar-refractivity contribution is 6.07. The Hall–Kier alpha value is -2.42. The lowest BCUT2D eigenvalue weighted by Gasteiger charge is -2.31. The summed E-state index contributed by atoms with van der Waals surface area (Å²) in [6.45, 7) is 5.19. The number of piperidine rings is 1. The molecule has 0 spiro atoms. The predicted molar refractivity (Wildman–Crippen MR) is 89.2 cm³/mol. The van der Waals surface area contributed by atoms with Gasteiger partial charge in [0.15, 0.2) is 0 Å².